The van der Waals surface area contributed by atoms with Gasteiger partial charge >= 0.3 is 0 Å². The Labute approximate surface area is 154 Å². The number of carbonyl (C=O) groups is 1. The van der Waals surface area contributed by atoms with Gasteiger partial charge in [0.15, 0.2) is 0 Å². The number of unbranched alkanes of at least 4 members (excludes halogenated alkanes) is 8. The second-order valence-corrected chi connectivity index (χ2v) is 7.34. The molecule has 0 saturated carbocycles. The van der Waals surface area contributed by atoms with E-state index < -0.39 is 0 Å². The third-order valence-electron chi connectivity index (χ3n) is 5.40. The molecule has 0 spiro atoms. The standard InChI is InChI=1S/C23H35NO/c1-3-4-5-6-7-8-9-10-12-15-21-18-19-24(20(21)2)23(25)22-16-13-11-14-17-22/h11,13-14,16-17H,3-10,12,15,18-19H2,1-2H3. The lowest BCUT2D eigenvalue weighted by molar-refractivity contribution is 0.0819. The van der Waals surface area contributed by atoms with E-state index in [0.717, 1.165) is 18.5 Å². The summed E-state index contributed by atoms with van der Waals surface area (Å²) < 4.78 is 0. The molecule has 1 aromatic rings. The third-order valence-corrected chi connectivity index (χ3v) is 5.40. The van der Waals surface area contributed by atoms with Crippen LogP contribution in [0.3, 0.4) is 0 Å². The molecule has 2 rings (SSSR count). The van der Waals surface area contributed by atoms with Crippen LogP contribution in [-0.4, -0.2) is 17.4 Å². The van der Waals surface area contributed by atoms with Gasteiger partial charge in [-0.2, -0.15) is 0 Å². The van der Waals surface area contributed by atoms with E-state index in [4.69, 9.17) is 0 Å². The van der Waals surface area contributed by atoms with Gasteiger partial charge in [0.1, 0.15) is 0 Å². The minimum absolute atomic E-state index is 0.153. The minimum atomic E-state index is 0.153. The molecule has 1 aliphatic heterocycles. The average Bonchev–Trinajstić information content (AvgIpc) is 3.01. The van der Waals surface area contributed by atoms with Crippen molar-refractivity contribution >= 4 is 5.91 Å². The molecule has 2 heteroatoms. The first-order chi connectivity index (χ1) is 12.2. The molecule has 1 amide bonds. The number of allylic oxidation sites excluding steroid dienone is 1. The van der Waals surface area contributed by atoms with E-state index in [2.05, 4.69) is 13.8 Å². The van der Waals surface area contributed by atoms with Crippen LogP contribution in [0.4, 0.5) is 0 Å². The minimum Gasteiger partial charge on any atom is -0.312 e. The van der Waals surface area contributed by atoms with Gasteiger partial charge < -0.3 is 4.90 Å². The number of rotatable bonds is 11. The Morgan fingerprint density at radius 1 is 0.920 bits per heavy atom. The molecule has 0 aromatic heterocycles. The van der Waals surface area contributed by atoms with E-state index in [-0.39, 0.29) is 5.91 Å². The summed E-state index contributed by atoms with van der Waals surface area (Å²) >= 11 is 0. The van der Waals surface area contributed by atoms with Gasteiger partial charge in [0.25, 0.3) is 5.91 Å². The Balaban J connectivity index is 1.67. The normalized spacial score (nSPS) is 14.4. The van der Waals surface area contributed by atoms with Crippen LogP contribution in [0.1, 0.15) is 94.8 Å². The lowest BCUT2D eigenvalue weighted by atomic mass is 10.0. The molecule has 0 unspecified atom stereocenters. The van der Waals surface area contributed by atoms with E-state index in [1.807, 2.05) is 35.2 Å². The number of nitrogens with zero attached hydrogens (tertiary/aromatic N) is 1. The zero-order chi connectivity index (χ0) is 17.9. The maximum absolute atomic E-state index is 12.6. The second-order valence-electron chi connectivity index (χ2n) is 7.34. The molecule has 1 aliphatic rings. The number of hydrogen-bond acceptors (Lipinski definition) is 1. The fraction of sp³-hybridized carbons (Fsp3) is 0.609. The molecule has 138 valence electrons. The molecular weight excluding hydrogens is 306 g/mol. The molecule has 0 fully saturated rings. The molecule has 25 heavy (non-hydrogen) atoms. The molecular formula is C23H35NO. The number of carbonyl (C=O) groups excluding carboxylic acids is 1. The molecule has 0 radical (unpaired) electrons. The largest absolute Gasteiger partial charge is 0.312 e. The van der Waals surface area contributed by atoms with Gasteiger partial charge in [-0.05, 0) is 43.9 Å². The van der Waals surface area contributed by atoms with Gasteiger partial charge in [0.05, 0.1) is 0 Å². The Kier molecular flexibility index (Phi) is 8.79. The second kappa shape index (κ2) is 11.1. The first kappa shape index (κ1) is 19.8. The van der Waals surface area contributed by atoms with E-state index >= 15 is 0 Å². The molecule has 0 N–H and O–H groups in total. The quantitative estimate of drug-likeness (QED) is 0.409. The van der Waals surface area contributed by atoms with Gasteiger partial charge in [-0.25, -0.2) is 0 Å². The molecule has 0 bridgehead atoms. The summed E-state index contributed by atoms with van der Waals surface area (Å²) in [6, 6.07) is 9.65. The number of amides is 1. The Hall–Kier alpha value is -1.57. The summed E-state index contributed by atoms with van der Waals surface area (Å²) in [6.45, 7) is 5.25. The van der Waals surface area contributed by atoms with Crippen LogP contribution >= 0.6 is 0 Å². The third kappa shape index (κ3) is 6.34. The summed E-state index contributed by atoms with van der Waals surface area (Å²) in [5.74, 6) is 0.153. The molecule has 0 saturated heterocycles. The van der Waals surface area contributed by atoms with Crippen LogP contribution in [0, 0.1) is 0 Å². The predicted octanol–water partition coefficient (Wildman–Crippen LogP) is 6.73. The van der Waals surface area contributed by atoms with Crippen molar-refractivity contribution in [2.45, 2.75) is 84.5 Å². The van der Waals surface area contributed by atoms with Crippen molar-refractivity contribution in [1.29, 1.82) is 0 Å². The van der Waals surface area contributed by atoms with Crippen molar-refractivity contribution in [2.24, 2.45) is 0 Å². The predicted molar refractivity (Wildman–Crippen MR) is 107 cm³/mol. The summed E-state index contributed by atoms with van der Waals surface area (Å²) in [5.41, 5.74) is 3.49. The smallest absolute Gasteiger partial charge is 0.258 e. The van der Waals surface area contributed by atoms with Crippen molar-refractivity contribution < 1.29 is 4.79 Å². The van der Waals surface area contributed by atoms with Gasteiger partial charge in [0, 0.05) is 17.8 Å². The SMILES string of the molecule is CCCCCCCCCCCC1=C(C)N(C(=O)c2ccccc2)CC1. The van der Waals surface area contributed by atoms with Crippen LogP contribution in [0.2, 0.25) is 0 Å². The molecule has 0 aliphatic carbocycles. The van der Waals surface area contributed by atoms with E-state index in [1.54, 1.807) is 0 Å². The van der Waals surface area contributed by atoms with Crippen LogP contribution < -0.4 is 0 Å². The van der Waals surface area contributed by atoms with Gasteiger partial charge in [-0.3, -0.25) is 4.79 Å². The van der Waals surface area contributed by atoms with Crippen molar-refractivity contribution in [2.75, 3.05) is 6.54 Å². The van der Waals surface area contributed by atoms with Gasteiger partial charge in [0.2, 0.25) is 0 Å². The average molecular weight is 342 g/mol. The highest BCUT2D eigenvalue weighted by Gasteiger charge is 2.24. The van der Waals surface area contributed by atoms with E-state index in [9.17, 15) is 4.79 Å². The Bertz CT molecular complexity index is 546. The lowest BCUT2D eigenvalue weighted by Gasteiger charge is -2.18. The first-order valence-electron chi connectivity index (χ1n) is 10.3. The zero-order valence-corrected chi connectivity index (χ0v) is 16.2. The molecule has 0 atom stereocenters. The fourth-order valence-electron chi connectivity index (χ4n) is 3.73. The van der Waals surface area contributed by atoms with Crippen molar-refractivity contribution in [3.05, 3.63) is 47.2 Å². The van der Waals surface area contributed by atoms with E-state index in [1.165, 1.54) is 75.5 Å². The van der Waals surface area contributed by atoms with Crippen LogP contribution in [0.15, 0.2) is 41.6 Å². The van der Waals surface area contributed by atoms with Crippen molar-refractivity contribution in [3.63, 3.8) is 0 Å². The van der Waals surface area contributed by atoms with Crippen molar-refractivity contribution in [3.8, 4) is 0 Å². The molecule has 2 nitrogen and oxygen atoms in total. The summed E-state index contributed by atoms with van der Waals surface area (Å²) in [6.07, 6.45) is 14.5. The van der Waals surface area contributed by atoms with Gasteiger partial charge in [-0.1, -0.05) is 76.5 Å². The van der Waals surface area contributed by atoms with Crippen LogP contribution in [0.5, 0.6) is 0 Å². The Morgan fingerprint density at radius 3 is 2.16 bits per heavy atom. The van der Waals surface area contributed by atoms with E-state index in [0.29, 0.717) is 0 Å². The summed E-state index contributed by atoms with van der Waals surface area (Å²) in [4.78, 5) is 14.6. The monoisotopic (exact) mass is 341 g/mol. The van der Waals surface area contributed by atoms with Gasteiger partial charge in [-0.15, -0.1) is 0 Å². The highest BCUT2D eigenvalue weighted by molar-refractivity contribution is 5.95. The molecule has 1 heterocycles. The summed E-state index contributed by atoms with van der Waals surface area (Å²) in [7, 11) is 0. The lowest BCUT2D eigenvalue weighted by Crippen LogP contribution is -2.26. The summed E-state index contributed by atoms with van der Waals surface area (Å²) in [5, 5.41) is 0. The maximum atomic E-state index is 12.6. The Morgan fingerprint density at radius 2 is 1.52 bits per heavy atom. The van der Waals surface area contributed by atoms with Crippen LogP contribution in [0.25, 0.3) is 0 Å². The van der Waals surface area contributed by atoms with Crippen LogP contribution in [-0.2, 0) is 0 Å². The zero-order valence-electron chi connectivity index (χ0n) is 16.2. The fourth-order valence-corrected chi connectivity index (χ4v) is 3.73. The maximum Gasteiger partial charge on any atom is 0.258 e. The highest BCUT2D eigenvalue weighted by atomic mass is 16.2. The topological polar surface area (TPSA) is 20.3 Å². The molecule has 1 aromatic carbocycles. The van der Waals surface area contributed by atoms with Crippen molar-refractivity contribution in [1.82, 2.24) is 4.90 Å². The first-order valence-corrected chi connectivity index (χ1v) is 10.3. The number of benzene rings is 1. The highest BCUT2D eigenvalue weighted by Crippen LogP contribution is 2.28. The number of hydrogen-bond donors (Lipinski definition) is 0.